The Bertz CT molecular complexity index is 590. The predicted octanol–water partition coefficient (Wildman–Crippen LogP) is 1.63. The standard InChI is InChI=1S/C12H17ClN2O3S2/c1-3-18-7-6-15(2)20(16,17)9-4-5-10(12(14)19)11(13)8-9/h4-5,8H,3,6-7H2,1-2H3,(H2,14,19). The maximum atomic E-state index is 12.3. The first-order valence-electron chi connectivity index (χ1n) is 5.94. The average molecular weight is 337 g/mol. The Balaban J connectivity index is 2.98. The molecule has 0 atom stereocenters. The van der Waals surface area contributed by atoms with Crippen molar-refractivity contribution in [2.45, 2.75) is 11.8 Å². The molecule has 2 N–H and O–H groups in total. The van der Waals surface area contributed by atoms with E-state index in [2.05, 4.69) is 0 Å². The van der Waals surface area contributed by atoms with E-state index >= 15 is 0 Å². The lowest BCUT2D eigenvalue weighted by molar-refractivity contribution is 0.138. The summed E-state index contributed by atoms with van der Waals surface area (Å²) in [5.41, 5.74) is 5.94. The lowest BCUT2D eigenvalue weighted by Crippen LogP contribution is -2.30. The number of likely N-dealkylation sites (N-methyl/N-ethyl adjacent to an activating group) is 1. The Morgan fingerprint density at radius 2 is 2.15 bits per heavy atom. The van der Waals surface area contributed by atoms with Crippen molar-refractivity contribution in [3.8, 4) is 0 Å². The van der Waals surface area contributed by atoms with Crippen molar-refractivity contribution >= 4 is 38.8 Å². The minimum absolute atomic E-state index is 0.0986. The number of rotatable bonds is 7. The van der Waals surface area contributed by atoms with Crippen LogP contribution in [0.3, 0.4) is 0 Å². The first-order valence-corrected chi connectivity index (χ1v) is 8.16. The van der Waals surface area contributed by atoms with Crippen LogP contribution in [0.4, 0.5) is 0 Å². The van der Waals surface area contributed by atoms with Crippen molar-refractivity contribution < 1.29 is 13.2 Å². The van der Waals surface area contributed by atoms with Crippen LogP contribution < -0.4 is 5.73 Å². The van der Waals surface area contributed by atoms with Crippen LogP contribution in [0.5, 0.6) is 0 Å². The quantitative estimate of drug-likeness (QED) is 0.605. The van der Waals surface area contributed by atoms with Gasteiger partial charge in [-0.15, -0.1) is 0 Å². The third-order valence-corrected chi connectivity index (χ3v) is 5.05. The molecule has 0 bridgehead atoms. The van der Waals surface area contributed by atoms with Gasteiger partial charge in [0.1, 0.15) is 4.99 Å². The van der Waals surface area contributed by atoms with E-state index in [9.17, 15) is 8.42 Å². The molecule has 0 radical (unpaired) electrons. The van der Waals surface area contributed by atoms with Gasteiger partial charge in [-0.25, -0.2) is 8.42 Å². The summed E-state index contributed by atoms with van der Waals surface area (Å²) >= 11 is 10.8. The summed E-state index contributed by atoms with van der Waals surface area (Å²) in [6.45, 7) is 3.00. The third-order valence-electron chi connectivity index (χ3n) is 2.67. The maximum absolute atomic E-state index is 12.3. The molecule has 0 heterocycles. The number of sulfonamides is 1. The highest BCUT2D eigenvalue weighted by Crippen LogP contribution is 2.22. The molecule has 5 nitrogen and oxygen atoms in total. The van der Waals surface area contributed by atoms with E-state index in [4.69, 9.17) is 34.3 Å². The molecule has 0 fully saturated rings. The number of thiocarbonyl (C=S) groups is 1. The van der Waals surface area contributed by atoms with Crippen molar-refractivity contribution in [1.29, 1.82) is 0 Å². The minimum atomic E-state index is -3.60. The number of halogens is 1. The number of hydrogen-bond acceptors (Lipinski definition) is 4. The zero-order valence-corrected chi connectivity index (χ0v) is 13.7. The fourth-order valence-electron chi connectivity index (χ4n) is 1.49. The third kappa shape index (κ3) is 4.13. The van der Waals surface area contributed by atoms with Gasteiger partial charge < -0.3 is 10.5 Å². The molecule has 0 aliphatic carbocycles. The molecule has 0 aliphatic rings. The molecule has 0 unspecified atom stereocenters. The van der Waals surface area contributed by atoms with Crippen LogP contribution in [0.2, 0.25) is 5.02 Å². The van der Waals surface area contributed by atoms with E-state index in [1.165, 1.54) is 29.6 Å². The maximum Gasteiger partial charge on any atom is 0.242 e. The van der Waals surface area contributed by atoms with Gasteiger partial charge in [-0.2, -0.15) is 4.31 Å². The van der Waals surface area contributed by atoms with Gasteiger partial charge in [0.2, 0.25) is 10.0 Å². The molecule has 112 valence electrons. The molecule has 20 heavy (non-hydrogen) atoms. The Morgan fingerprint density at radius 3 is 2.65 bits per heavy atom. The second-order valence-electron chi connectivity index (χ2n) is 4.03. The topological polar surface area (TPSA) is 72.6 Å². The molecular weight excluding hydrogens is 320 g/mol. The van der Waals surface area contributed by atoms with E-state index in [0.29, 0.717) is 18.8 Å². The number of nitrogens with zero attached hydrogens (tertiary/aromatic N) is 1. The number of hydrogen-bond donors (Lipinski definition) is 1. The van der Waals surface area contributed by atoms with Gasteiger partial charge in [0, 0.05) is 25.8 Å². The second kappa shape index (κ2) is 7.33. The highest BCUT2D eigenvalue weighted by Gasteiger charge is 2.21. The Kier molecular flexibility index (Phi) is 6.35. The van der Waals surface area contributed by atoms with E-state index in [-0.39, 0.29) is 21.5 Å². The molecule has 0 spiro atoms. The van der Waals surface area contributed by atoms with E-state index in [0.717, 1.165) is 0 Å². The SMILES string of the molecule is CCOCCN(C)S(=O)(=O)c1ccc(C(N)=S)c(Cl)c1. The zero-order chi connectivity index (χ0) is 15.3. The summed E-state index contributed by atoms with van der Waals surface area (Å²) in [7, 11) is -2.11. The van der Waals surface area contributed by atoms with Crippen LogP contribution in [-0.2, 0) is 14.8 Å². The highest BCUT2D eigenvalue weighted by molar-refractivity contribution is 7.89. The van der Waals surface area contributed by atoms with Crippen LogP contribution >= 0.6 is 23.8 Å². The average Bonchev–Trinajstić information content (AvgIpc) is 2.38. The van der Waals surface area contributed by atoms with E-state index in [1.54, 1.807) is 0 Å². The molecule has 1 aromatic rings. The van der Waals surface area contributed by atoms with Crippen LogP contribution in [0.15, 0.2) is 23.1 Å². The van der Waals surface area contributed by atoms with Gasteiger partial charge in [0.05, 0.1) is 16.5 Å². The summed E-state index contributed by atoms with van der Waals surface area (Å²) < 4.78 is 31.0. The van der Waals surface area contributed by atoms with Crippen molar-refractivity contribution in [3.05, 3.63) is 28.8 Å². The zero-order valence-electron chi connectivity index (χ0n) is 11.3. The molecule has 1 rings (SSSR count). The van der Waals surface area contributed by atoms with Gasteiger partial charge in [0.25, 0.3) is 0 Å². The molecular formula is C12H17ClN2O3S2. The summed E-state index contributed by atoms with van der Waals surface area (Å²) in [6.07, 6.45) is 0. The van der Waals surface area contributed by atoms with Crippen LogP contribution in [0, 0.1) is 0 Å². The summed E-state index contributed by atoms with van der Waals surface area (Å²) in [5, 5.41) is 0.219. The monoisotopic (exact) mass is 336 g/mol. The van der Waals surface area contributed by atoms with Crippen LogP contribution in [-0.4, -0.2) is 44.5 Å². The summed E-state index contributed by atoms with van der Waals surface area (Å²) in [4.78, 5) is 0.227. The molecule has 0 saturated carbocycles. The van der Waals surface area contributed by atoms with Crippen LogP contribution in [0.1, 0.15) is 12.5 Å². The van der Waals surface area contributed by atoms with Crippen LogP contribution in [0.25, 0.3) is 0 Å². The Hall–Kier alpha value is -0.730. The second-order valence-corrected chi connectivity index (χ2v) is 6.92. The molecule has 0 aromatic heterocycles. The van der Waals surface area contributed by atoms with Gasteiger partial charge in [-0.05, 0) is 25.1 Å². The molecule has 0 amide bonds. The lowest BCUT2D eigenvalue weighted by Gasteiger charge is -2.17. The van der Waals surface area contributed by atoms with E-state index in [1.807, 2.05) is 6.92 Å². The first-order chi connectivity index (χ1) is 9.30. The summed E-state index contributed by atoms with van der Waals surface area (Å²) in [5.74, 6) is 0. The smallest absolute Gasteiger partial charge is 0.242 e. The minimum Gasteiger partial charge on any atom is -0.389 e. The lowest BCUT2D eigenvalue weighted by atomic mass is 10.2. The molecule has 0 saturated heterocycles. The van der Waals surface area contributed by atoms with Crippen molar-refractivity contribution in [3.63, 3.8) is 0 Å². The highest BCUT2D eigenvalue weighted by atomic mass is 35.5. The van der Waals surface area contributed by atoms with Gasteiger partial charge in [0.15, 0.2) is 0 Å². The summed E-state index contributed by atoms with van der Waals surface area (Å²) in [6, 6.07) is 4.30. The fourth-order valence-corrected chi connectivity index (χ4v) is 3.26. The number of nitrogens with two attached hydrogens (primary N) is 1. The van der Waals surface area contributed by atoms with E-state index < -0.39 is 10.0 Å². The molecule has 8 heteroatoms. The van der Waals surface area contributed by atoms with Crippen molar-refractivity contribution in [2.75, 3.05) is 26.8 Å². The Labute approximate surface area is 129 Å². The Morgan fingerprint density at radius 1 is 1.50 bits per heavy atom. The van der Waals surface area contributed by atoms with Gasteiger partial charge in [-0.1, -0.05) is 23.8 Å². The largest absolute Gasteiger partial charge is 0.389 e. The van der Waals surface area contributed by atoms with Crippen molar-refractivity contribution in [2.24, 2.45) is 5.73 Å². The predicted molar refractivity (Wildman–Crippen MR) is 83.6 cm³/mol. The first kappa shape index (κ1) is 17.3. The van der Waals surface area contributed by atoms with Gasteiger partial charge >= 0.3 is 0 Å². The van der Waals surface area contributed by atoms with Crippen molar-refractivity contribution in [1.82, 2.24) is 4.31 Å². The fraction of sp³-hybridized carbons (Fsp3) is 0.417. The number of benzene rings is 1. The van der Waals surface area contributed by atoms with Gasteiger partial charge in [-0.3, -0.25) is 0 Å². The number of ether oxygens (including phenoxy) is 1. The molecule has 1 aromatic carbocycles. The normalized spacial score (nSPS) is 11.8. The molecule has 0 aliphatic heterocycles.